The van der Waals surface area contributed by atoms with Crippen molar-refractivity contribution in [3.05, 3.63) is 0 Å². The lowest BCUT2D eigenvalue weighted by Gasteiger charge is -2.45. The van der Waals surface area contributed by atoms with Gasteiger partial charge in [0.2, 0.25) is 0 Å². The minimum atomic E-state index is -0.712. The molecular weight excluding hydrogens is 466 g/mol. The summed E-state index contributed by atoms with van der Waals surface area (Å²) in [6.07, 6.45) is 34.7. The van der Waals surface area contributed by atoms with Gasteiger partial charge in [-0.05, 0) is 12.8 Å². The van der Waals surface area contributed by atoms with E-state index in [1.165, 1.54) is 154 Å². The third-order valence-corrected chi connectivity index (χ3v) is 9.43. The molecule has 1 N–H and O–H groups in total. The molecule has 228 valence electrons. The van der Waals surface area contributed by atoms with Crippen LogP contribution in [0, 0.1) is 5.92 Å². The van der Waals surface area contributed by atoms with Gasteiger partial charge in [-0.25, -0.2) is 4.79 Å². The van der Waals surface area contributed by atoms with Crippen molar-refractivity contribution < 1.29 is 14.4 Å². The van der Waals surface area contributed by atoms with E-state index in [4.69, 9.17) is 0 Å². The molecule has 2 atom stereocenters. The Kier molecular flexibility index (Phi) is 23.9. The Morgan fingerprint density at radius 2 is 0.763 bits per heavy atom. The maximum atomic E-state index is 12.5. The minimum Gasteiger partial charge on any atom is -0.477 e. The Morgan fingerprint density at radius 1 is 0.526 bits per heavy atom. The molecule has 0 saturated heterocycles. The first-order valence-corrected chi connectivity index (χ1v) is 17.3. The van der Waals surface area contributed by atoms with Crippen LogP contribution >= 0.6 is 0 Å². The second kappa shape index (κ2) is 24.2. The van der Waals surface area contributed by atoms with Gasteiger partial charge in [0.15, 0.2) is 5.54 Å². The van der Waals surface area contributed by atoms with Gasteiger partial charge in [0.25, 0.3) is 0 Å². The van der Waals surface area contributed by atoms with Crippen LogP contribution in [0.25, 0.3) is 0 Å². The quantitative estimate of drug-likeness (QED) is 0.0759. The standard InChI is InChI=1S/C35H71NO2/c1-7-9-11-13-15-17-18-19-20-21-22-24-26-28-30-32-33(35(3,34(37)38)36(4,5)6)31-29-27-25-23-16-14-12-10-8-2/h33H,7-32H2,1-6H3/p+1. The summed E-state index contributed by atoms with van der Waals surface area (Å²) in [7, 11) is 6.22. The molecule has 2 unspecified atom stereocenters. The lowest BCUT2D eigenvalue weighted by Crippen LogP contribution is -2.64. The largest absolute Gasteiger partial charge is 0.477 e. The fourth-order valence-corrected chi connectivity index (χ4v) is 6.18. The van der Waals surface area contributed by atoms with E-state index in [0.29, 0.717) is 4.48 Å². The Bertz CT molecular complexity index is 527. The molecule has 0 radical (unpaired) electrons. The fraction of sp³-hybridized carbons (Fsp3) is 0.971. The number of rotatable bonds is 29. The Morgan fingerprint density at radius 3 is 0.974 bits per heavy atom. The van der Waals surface area contributed by atoms with Crippen LogP contribution in [0.5, 0.6) is 0 Å². The summed E-state index contributed by atoms with van der Waals surface area (Å²) in [5.74, 6) is -0.363. The number of carbonyl (C=O) groups is 1. The van der Waals surface area contributed by atoms with E-state index in [0.717, 1.165) is 12.8 Å². The van der Waals surface area contributed by atoms with Crippen molar-refractivity contribution in [2.24, 2.45) is 5.92 Å². The molecule has 0 amide bonds. The highest BCUT2D eigenvalue weighted by molar-refractivity contribution is 5.77. The number of hydrogen-bond donors (Lipinski definition) is 1. The predicted molar refractivity (Wildman–Crippen MR) is 169 cm³/mol. The average Bonchev–Trinajstić information content (AvgIpc) is 2.87. The molecule has 0 aliphatic rings. The van der Waals surface area contributed by atoms with Crippen LogP contribution in [-0.4, -0.2) is 42.2 Å². The molecule has 0 fully saturated rings. The van der Waals surface area contributed by atoms with E-state index >= 15 is 0 Å². The molecule has 0 bridgehead atoms. The van der Waals surface area contributed by atoms with Gasteiger partial charge in [0.05, 0.1) is 21.1 Å². The van der Waals surface area contributed by atoms with Crippen LogP contribution < -0.4 is 0 Å². The fourth-order valence-electron chi connectivity index (χ4n) is 6.18. The van der Waals surface area contributed by atoms with Gasteiger partial charge in [-0.15, -0.1) is 0 Å². The zero-order valence-electron chi connectivity index (χ0n) is 27.3. The van der Waals surface area contributed by atoms with Gasteiger partial charge in [-0.3, -0.25) is 0 Å². The summed E-state index contributed by atoms with van der Waals surface area (Å²) in [6.45, 7) is 6.58. The van der Waals surface area contributed by atoms with Gasteiger partial charge in [-0.1, -0.05) is 168 Å². The lowest BCUT2D eigenvalue weighted by atomic mass is 9.76. The summed E-state index contributed by atoms with van der Waals surface area (Å²) in [5.41, 5.74) is -0.712. The summed E-state index contributed by atoms with van der Waals surface area (Å²) in [6, 6.07) is 0. The van der Waals surface area contributed by atoms with Crippen LogP contribution in [-0.2, 0) is 4.79 Å². The highest BCUT2D eigenvalue weighted by Crippen LogP contribution is 2.36. The Hall–Kier alpha value is -0.570. The van der Waals surface area contributed by atoms with Crippen molar-refractivity contribution in [2.45, 2.75) is 193 Å². The van der Waals surface area contributed by atoms with Crippen molar-refractivity contribution >= 4 is 5.97 Å². The van der Waals surface area contributed by atoms with E-state index in [2.05, 4.69) is 35.0 Å². The van der Waals surface area contributed by atoms with Crippen molar-refractivity contribution in [2.75, 3.05) is 21.1 Å². The van der Waals surface area contributed by atoms with Crippen LogP contribution in [0.2, 0.25) is 0 Å². The zero-order valence-corrected chi connectivity index (χ0v) is 27.3. The molecule has 0 heterocycles. The van der Waals surface area contributed by atoms with Crippen LogP contribution in [0.1, 0.15) is 188 Å². The molecule has 0 aromatic carbocycles. The molecule has 3 heteroatoms. The van der Waals surface area contributed by atoms with E-state index in [1.54, 1.807) is 0 Å². The summed E-state index contributed by atoms with van der Waals surface area (Å²) < 4.78 is 0.503. The average molecular weight is 539 g/mol. The first kappa shape index (κ1) is 37.4. The number of carboxylic acid groups (broad SMARTS) is 1. The molecule has 0 spiro atoms. The predicted octanol–water partition coefficient (Wildman–Crippen LogP) is 11.3. The molecule has 3 nitrogen and oxygen atoms in total. The summed E-state index contributed by atoms with van der Waals surface area (Å²) in [4.78, 5) is 12.5. The lowest BCUT2D eigenvalue weighted by molar-refractivity contribution is -0.916. The Balaban J connectivity index is 4.20. The molecule has 0 aliphatic carbocycles. The molecule has 0 aliphatic heterocycles. The molecule has 0 rings (SSSR count). The number of likely N-dealkylation sites (N-methyl/N-ethyl adjacent to an activating group) is 1. The number of carboxylic acids is 1. The number of unbranched alkanes of at least 4 members (excludes halogenated alkanes) is 22. The topological polar surface area (TPSA) is 37.3 Å². The van der Waals surface area contributed by atoms with Crippen LogP contribution in [0.3, 0.4) is 0 Å². The van der Waals surface area contributed by atoms with Crippen molar-refractivity contribution in [3.63, 3.8) is 0 Å². The van der Waals surface area contributed by atoms with Crippen LogP contribution in [0.15, 0.2) is 0 Å². The SMILES string of the molecule is CCCCCCCCCCCCCCCCCC(CCCCCCCCCCC)C(C)(C(=O)O)[N+](C)(C)C. The summed E-state index contributed by atoms with van der Waals surface area (Å²) in [5, 5.41) is 10.3. The van der Waals surface area contributed by atoms with E-state index < -0.39 is 11.5 Å². The van der Waals surface area contributed by atoms with Gasteiger partial charge in [0, 0.05) is 12.8 Å². The highest BCUT2D eigenvalue weighted by Gasteiger charge is 2.51. The molecule has 0 saturated carbocycles. The molecule has 0 aromatic rings. The third kappa shape index (κ3) is 17.9. The summed E-state index contributed by atoms with van der Waals surface area (Å²) >= 11 is 0. The number of hydrogen-bond acceptors (Lipinski definition) is 1. The van der Waals surface area contributed by atoms with Gasteiger partial charge < -0.3 is 9.59 Å². The maximum Gasteiger partial charge on any atom is 0.365 e. The van der Waals surface area contributed by atoms with Gasteiger partial charge in [0.1, 0.15) is 0 Å². The number of quaternary nitrogens is 1. The van der Waals surface area contributed by atoms with Crippen molar-refractivity contribution in [1.82, 2.24) is 0 Å². The van der Waals surface area contributed by atoms with E-state index in [-0.39, 0.29) is 5.92 Å². The Labute approximate surface area is 240 Å². The minimum absolute atomic E-state index is 0.256. The maximum absolute atomic E-state index is 12.5. The van der Waals surface area contributed by atoms with Gasteiger partial charge >= 0.3 is 5.97 Å². The van der Waals surface area contributed by atoms with Crippen molar-refractivity contribution in [3.8, 4) is 0 Å². The first-order chi connectivity index (χ1) is 18.2. The number of aliphatic carboxylic acids is 1. The zero-order chi connectivity index (χ0) is 28.5. The highest BCUT2D eigenvalue weighted by atomic mass is 16.4. The van der Waals surface area contributed by atoms with E-state index in [1.807, 2.05) is 6.92 Å². The smallest absolute Gasteiger partial charge is 0.365 e. The normalized spacial score (nSPS) is 14.5. The molecule has 38 heavy (non-hydrogen) atoms. The molecular formula is C35H72NO2+. The third-order valence-electron chi connectivity index (χ3n) is 9.43. The molecule has 0 aromatic heterocycles. The van der Waals surface area contributed by atoms with Crippen molar-refractivity contribution in [1.29, 1.82) is 0 Å². The number of nitrogens with zero attached hydrogens (tertiary/aromatic N) is 1. The van der Waals surface area contributed by atoms with Crippen LogP contribution in [0.4, 0.5) is 0 Å². The van der Waals surface area contributed by atoms with Gasteiger partial charge in [-0.2, -0.15) is 0 Å². The second-order valence-corrected chi connectivity index (χ2v) is 13.5. The van der Waals surface area contributed by atoms with E-state index in [9.17, 15) is 9.90 Å². The monoisotopic (exact) mass is 539 g/mol. The first-order valence-electron chi connectivity index (χ1n) is 17.3. The second-order valence-electron chi connectivity index (χ2n) is 13.5.